The van der Waals surface area contributed by atoms with Gasteiger partial charge in [0.05, 0.1) is 5.56 Å². The number of nitrogen functional groups attached to an aromatic ring is 1. The molecule has 0 fully saturated rings. The molecule has 0 saturated carbocycles. The summed E-state index contributed by atoms with van der Waals surface area (Å²) in [7, 11) is 0. The third-order valence-corrected chi connectivity index (χ3v) is 3.90. The molecule has 1 heterocycles. The number of fused-ring (bicyclic) bond motifs is 1. The Hall–Kier alpha value is -2.46. The van der Waals surface area contributed by atoms with Gasteiger partial charge < -0.3 is 15.3 Å². The smallest absolute Gasteiger partial charge is 0.197 e. The third kappa shape index (κ3) is 3.39. The fraction of sp³-hybridized carbons (Fsp3) is 0.211. The van der Waals surface area contributed by atoms with Gasteiger partial charge in [-0.2, -0.15) is 0 Å². The summed E-state index contributed by atoms with van der Waals surface area (Å²) in [4.78, 5) is 12.9. The van der Waals surface area contributed by atoms with E-state index in [0.717, 1.165) is 18.2 Å². The maximum Gasteiger partial charge on any atom is 0.197 e. The minimum atomic E-state index is -0.111. The van der Waals surface area contributed by atoms with Gasteiger partial charge >= 0.3 is 0 Å². The molecule has 24 heavy (non-hydrogen) atoms. The highest BCUT2D eigenvalue weighted by Gasteiger charge is 2.21. The first-order valence-corrected chi connectivity index (χ1v) is 7.74. The molecule has 3 aromatic rings. The van der Waals surface area contributed by atoms with Crippen LogP contribution in [0.2, 0.25) is 0 Å². The first kappa shape index (κ1) is 17.9. The number of phenols is 1. The van der Waals surface area contributed by atoms with Crippen LogP contribution >= 0.6 is 12.4 Å². The summed E-state index contributed by atoms with van der Waals surface area (Å²) in [6.07, 6.45) is 2.68. The molecule has 0 unspecified atom stereocenters. The molecule has 0 bridgehead atoms. The number of aromatic hydroxyl groups is 1. The number of ketones is 1. The number of anilines is 1. The number of nitrogens with two attached hydrogens (primary N) is 1. The first-order valence-electron chi connectivity index (χ1n) is 7.74. The third-order valence-electron chi connectivity index (χ3n) is 3.90. The normalized spacial score (nSPS) is 10.5. The molecule has 5 heteroatoms. The number of phenolic OH excluding ortho intramolecular Hbond substituents is 1. The Bertz CT molecular complexity index is 853. The molecule has 0 atom stereocenters. The van der Waals surface area contributed by atoms with Gasteiger partial charge in [-0.3, -0.25) is 4.79 Å². The van der Waals surface area contributed by atoms with Crippen LogP contribution in [-0.4, -0.2) is 10.9 Å². The molecular formula is C19H20ClNO3. The predicted molar refractivity (Wildman–Crippen MR) is 98.0 cm³/mol. The summed E-state index contributed by atoms with van der Waals surface area (Å²) >= 11 is 0. The SMILES string of the molecule is CCCCc1oc2ccc(N)cc2c1C(=O)c1ccc(O)cc1.Cl. The Morgan fingerprint density at radius 3 is 2.54 bits per heavy atom. The second-order valence-electron chi connectivity index (χ2n) is 5.64. The number of unbranched alkanes of at least 4 members (excludes halogenated alkanes) is 1. The van der Waals surface area contributed by atoms with Crippen LogP contribution in [0.1, 0.15) is 41.4 Å². The molecular weight excluding hydrogens is 326 g/mol. The summed E-state index contributed by atoms with van der Waals surface area (Å²) in [6.45, 7) is 2.10. The minimum absolute atomic E-state index is 0. The number of aryl methyl sites for hydroxylation is 1. The van der Waals surface area contributed by atoms with Crippen LogP contribution in [-0.2, 0) is 6.42 Å². The molecule has 0 saturated heterocycles. The van der Waals surface area contributed by atoms with Crippen LogP contribution in [0, 0.1) is 0 Å². The quantitative estimate of drug-likeness (QED) is 0.518. The van der Waals surface area contributed by atoms with E-state index < -0.39 is 0 Å². The molecule has 3 N–H and O–H groups in total. The number of benzene rings is 2. The van der Waals surface area contributed by atoms with Crippen molar-refractivity contribution in [3.63, 3.8) is 0 Å². The van der Waals surface area contributed by atoms with Crippen molar-refractivity contribution in [3.05, 3.63) is 59.4 Å². The summed E-state index contributed by atoms with van der Waals surface area (Å²) in [6, 6.07) is 11.6. The molecule has 2 aromatic carbocycles. The van der Waals surface area contributed by atoms with Crippen molar-refractivity contribution >= 4 is 34.8 Å². The van der Waals surface area contributed by atoms with E-state index in [1.807, 2.05) is 0 Å². The van der Waals surface area contributed by atoms with E-state index in [9.17, 15) is 9.90 Å². The number of carbonyl (C=O) groups excluding carboxylic acids is 1. The lowest BCUT2D eigenvalue weighted by atomic mass is 9.98. The lowest BCUT2D eigenvalue weighted by Crippen LogP contribution is -2.04. The van der Waals surface area contributed by atoms with Gasteiger partial charge in [0.1, 0.15) is 17.1 Å². The lowest BCUT2D eigenvalue weighted by Gasteiger charge is -2.03. The zero-order chi connectivity index (χ0) is 16.4. The highest BCUT2D eigenvalue weighted by atomic mass is 35.5. The molecule has 1 aromatic heterocycles. The monoisotopic (exact) mass is 345 g/mol. The second-order valence-corrected chi connectivity index (χ2v) is 5.64. The number of carbonyl (C=O) groups is 1. The Morgan fingerprint density at radius 2 is 1.88 bits per heavy atom. The highest BCUT2D eigenvalue weighted by molar-refractivity contribution is 6.17. The van der Waals surface area contributed by atoms with Gasteiger partial charge in [0.15, 0.2) is 5.78 Å². The van der Waals surface area contributed by atoms with Gasteiger partial charge in [0, 0.05) is 23.1 Å². The second kappa shape index (κ2) is 7.41. The van der Waals surface area contributed by atoms with Gasteiger partial charge in [-0.15, -0.1) is 12.4 Å². The summed E-state index contributed by atoms with van der Waals surface area (Å²) in [5, 5.41) is 10.1. The Morgan fingerprint density at radius 1 is 1.17 bits per heavy atom. The zero-order valence-electron chi connectivity index (χ0n) is 13.4. The van der Waals surface area contributed by atoms with Crippen LogP contribution in [0.15, 0.2) is 46.9 Å². The van der Waals surface area contributed by atoms with E-state index in [4.69, 9.17) is 10.2 Å². The fourth-order valence-corrected chi connectivity index (χ4v) is 2.69. The van der Waals surface area contributed by atoms with Crippen molar-refractivity contribution in [2.75, 3.05) is 5.73 Å². The average Bonchev–Trinajstić information content (AvgIpc) is 2.90. The molecule has 0 spiro atoms. The number of halogens is 1. The molecule has 0 radical (unpaired) electrons. The average molecular weight is 346 g/mol. The van der Waals surface area contributed by atoms with Gasteiger partial charge in [0.25, 0.3) is 0 Å². The van der Waals surface area contributed by atoms with Crippen LogP contribution in [0.5, 0.6) is 5.75 Å². The van der Waals surface area contributed by atoms with E-state index in [1.165, 1.54) is 12.1 Å². The number of furan rings is 1. The zero-order valence-corrected chi connectivity index (χ0v) is 14.2. The Kier molecular flexibility index (Phi) is 5.52. The van der Waals surface area contributed by atoms with Crippen molar-refractivity contribution < 1.29 is 14.3 Å². The molecule has 0 amide bonds. The molecule has 0 aliphatic heterocycles. The van der Waals surface area contributed by atoms with Gasteiger partial charge in [-0.25, -0.2) is 0 Å². The van der Waals surface area contributed by atoms with Crippen LogP contribution < -0.4 is 5.73 Å². The molecule has 3 rings (SSSR count). The van der Waals surface area contributed by atoms with Crippen LogP contribution in [0.25, 0.3) is 11.0 Å². The van der Waals surface area contributed by atoms with Crippen LogP contribution in [0.4, 0.5) is 5.69 Å². The maximum atomic E-state index is 12.9. The standard InChI is InChI=1S/C19H19NO3.ClH/c1-2-3-4-17-18(15-11-13(20)7-10-16(15)23-17)19(22)12-5-8-14(21)9-6-12;/h5-11,21H,2-4,20H2,1H3;1H. The van der Waals surface area contributed by atoms with Crippen molar-refractivity contribution in [2.45, 2.75) is 26.2 Å². The number of hydrogen-bond donors (Lipinski definition) is 2. The number of rotatable bonds is 5. The van der Waals surface area contributed by atoms with E-state index in [0.29, 0.717) is 34.6 Å². The first-order chi connectivity index (χ1) is 11.1. The molecule has 0 aliphatic rings. The molecule has 4 nitrogen and oxygen atoms in total. The fourth-order valence-electron chi connectivity index (χ4n) is 2.69. The van der Waals surface area contributed by atoms with Crippen LogP contribution in [0.3, 0.4) is 0 Å². The molecule has 126 valence electrons. The van der Waals surface area contributed by atoms with E-state index in [1.54, 1.807) is 30.3 Å². The summed E-state index contributed by atoms with van der Waals surface area (Å²) < 4.78 is 5.90. The van der Waals surface area contributed by atoms with Crippen molar-refractivity contribution in [1.82, 2.24) is 0 Å². The van der Waals surface area contributed by atoms with Crippen molar-refractivity contribution in [3.8, 4) is 5.75 Å². The maximum absolute atomic E-state index is 12.9. The Labute approximate surface area is 146 Å². The van der Waals surface area contributed by atoms with E-state index in [-0.39, 0.29) is 23.9 Å². The highest BCUT2D eigenvalue weighted by Crippen LogP contribution is 2.31. The van der Waals surface area contributed by atoms with E-state index in [2.05, 4.69) is 6.92 Å². The lowest BCUT2D eigenvalue weighted by molar-refractivity contribution is 0.103. The van der Waals surface area contributed by atoms with Gasteiger partial charge in [-0.05, 0) is 48.9 Å². The van der Waals surface area contributed by atoms with E-state index >= 15 is 0 Å². The summed E-state index contributed by atoms with van der Waals surface area (Å²) in [5.74, 6) is 0.722. The van der Waals surface area contributed by atoms with Gasteiger partial charge in [-0.1, -0.05) is 13.3 Å². The Balaban J connectivity index is 0.00000208. The minimum Gasteiger partial charge on any atom is -0.508 e. The summed E-state index contributed by atoms with van der Waals surface area (Å²) in [5.41, 5.74) is 8.24. The largest absolute Gasteiger partial charge is 0.508 e. The number of hydrogen-bond acceptors (Lipinski definition) is 4. The molecule has 0 aliphatic carbocycles. The predicted octanol–water partition coefficient (Wildman–Crippen LogP) is 4.72. The topological polar surface area (TPSA) is 76.5 Å². The van der Waals surface area contributed by atoms with Gasteiger partial charge in [0.2, 0.25) is 0 Å². The van der Waals surface area contributed by atoms with Crippen molar-refractivity contribution in [1.29, 1.82) is 0 Å². The van der Waals surface area contributed by atoms with Crippen molar-refractivity contribution in [2.24, 2.45) is 0 Å².